The first-order valence-electron chi connectivity index (χ1n) is 9.53. The maximum atomic E-state index is 5.44. The van der Waals surface area contributed by atoms with Gasteiger partial charge in [0, 0.05) is 39.6 Å². The van der Waals surface area contributed by atoms with Crippen LogP contribution in [0.1, 0.15) is 11.1 Å². The van der Waals surface area contributed by atoms with Gasteiger partial charge in [0.1, 0.15) is 5.82 Å². The summed E-state index contributed by atoms with van der Waals surface area (Å²) in [7, 11) is 5.77. The fraction of sp³-hybridized carbons (Fsp3) is 0.273. The Kier molecular flexibility index (Phi) is 7.20. The molecule has 2 aromatic carbocycles. The number of halogens is 1. The van der Waals surface area contributed by atoms with E-state index < -0.39 is 0 Å². The molecule has 0 fully saturated rings. The number of hydrogen-bond acceptors (Lipinski definition) is 5. The van der Waals surface area contributed by atoms with Crippen molar-refractivity contribution >= 4 is 46.7 Å². The standard InChI is InChI=1S/C22H25N5O2.HI/c1-23-22(24-12-15-8-9-19-20(10-15)29-14-28-19)25-13-16-11-21(27(2)3)26-18-7-5-4-6-17(16)18;/h4-11H,12-14H2,1-3H3,(H2,23,24,25);1H. The minimum atomic E-state index is 0. The second-order valence-corrected chi connectivity index (χ2v) is 7.02. The number of ether oxygens (including phenoxy) is 2. The number of para-hydroxylation sites is 1. The zero-order chi connectivity index (χ0) is 20.2. The molecule has 0 spiro atoms. The molecule has 8 heteroatoms. The van der Waals surface area contributed by atoms with Gasteiger partial charge in [-0.1, -0.05) is 24.3 Å². The molecule has 1 aromatic heterocycles. The third-order valence-electron chi connectivity index (χ3n) is 4.81. The van der Waals surface area contributed by atoms with Crippen LogP contribution in [0, 0.1) is 0 Å². The monoisotopic (exact) mass is 519 g/mol. The Morgan fingerprint density at radius 2 is 1.80 bits per heavy atom. The SMILES string of the molecule is CN=C(NCc1ccc2c(c1)OCO2)NCc1cc(N(C)C)nc2ccccc12.I. The highest BCUT2D eigenvalue weighted by atomic mass is 127. The van der Waals surface area contributed by atoms with Gasteiger partial charge in [-0.2, -0.15) is 0 Å². The van der Waals surface area contributed by atoms with Crippen molar-refractivity contribution in [3.63, 3.8) is 0 Å². The van der Waals surface area contributed by atoms with Crippen LogP contribution < -0.4 is 25.0 Å². The molecule has 0 radical (unpaired) electrons. The summed E-state index contributed by atoms with van der Waals surface area (Å²) in [6.07, 6.45) is 0. The fourth-order valence-electron chi connectivity index (χ4n) is 3.24. The van der Waals surface area contributed by atoms with Crippen molar-refractivity contribution in [2.75, 3.05) is 32.8 Å². The maximum Gasteiger partial charge on any atom is 0.231 e. The lowest BCUT2D eigenvalue weighted by atomic mass is 10.1. The number of nitrogens with one attached hydrogen (secondary N) is 2. The highest BCUT2D eigenvalue weighted by Crippen LogP contribution is 2.32. The van der Waals surface area contributed by atoms with Gasteiger partial charge in [-0.25, -0.2) is 4.98 Å². The highest BCUT2D eigenvalue weighted by Gasteiger charge is 2.13. The van der Waals surface area contributed by atoms with Crippen molar-refractivity contribution in [2.24, 2.45) is 4.99 Å². The Balaban J connectivity index is 0.00000256. The molecular formula is C22H26IN5O2. The van der Waals surface area contributed by atoms with Crippen LogP contribution in [0.25, 0.3) is 10.9 Å². The van der Waals surface area contributed by atoms with Crippen LogP contribution in [-0.2, 0) is 13.1 Å². The van der Waals surface area contributed by atoms with Crippen molar-refractivity contribution in [2.45, 2.75) is 13.1 Å². The molecule has 0 saturated carbocycles. The molecule has 3 aromatic rings. The Morgan fingerprint density at radius 3 is 2.60 bits per heavy atom. The summed E-state index contributed by atoms with van der Waals surface area (Å²) in [5.74, 6) is 3.24. The van der Waals surface area contributed by atoms with E-state index in [1.807, 2.05) is 55.4 Å². The predicted octanol–water partition coefficient (Wildman–Crippen LogP) is 3.51. The Bertz CT molecular complexity index is 1050. The van der Waals surface area contributed by atoms with Gasteiger partial charge in [0.15, 0.2) is 17.5 Å². The zero-order valence-corrected chi connectivity index (χ0v) is 19.6. The number of nitrogens with zero attached hydrogens (tertiary/aromatic N) is 3. The van der Waals surface area contributed by atoms with E-state index in [0.29, 0.717) is 13.1 Å². The summed E-state index contributed by atoms with van der Waals surface area (Å²) in [5.41, 5.74) is 3.26. The van der Waals surface area contributed by atoms with Crippen molar-refractivity contribution in [1.29, 1.82) is 0 Å². The van der Waals surface area contributed by atoms with E-state index in [4.69, 9.17) is 14.5 Å². The van der Waals surface area contributed by atoms with Crippen molar-refractivity contribution in [3.05, 3.63) is 59.7 Å². The van der Waals surface area contributed by atoms with E-state index in [1.165, 1.54) is 5.56 Å². The molecule has 158 valence electrons. The molecule has 2 heterocycles. The first kappa shape index (κ1) is 21.9. The first-order chi connectivity index (χ1) is 14.1. The third-order valence-corrected chi connectivity index (χ3v) is 4.81. The molecule has 30 heavy (non-hydrogen) atoms. The molecule has 0 saturated heterocycles. The maximum absolute atomic E-state index is 5.44. The molecule has 0 aliphatic carbocycles. The van der Waals surface area contributed by atoms with E-state index >= 15 is 0 Å². The van der Waals surface area contributed by atoms with Crippen LogP contribution in [0.3, 0.4) is 0 Å². The minimum absolute atomic E-state index is 0. The second-order valence-electron chi connectivity index (χ2n) is 7.02. The van der Waals surface area contributed by atoms with Gasteiger partial charge >= 0.3 is 0 Å². The summed E-state index contributed by atoms with van der Waals surface area (Å²) in [5, 5.41) is 7.89. The van der Waals surface area contributed by atoms with Gasteiger partial charge in [-0.15, -0.1) is 24.0 Å². The minimum Gasteiger partial charge on any atom is -0.454 e. The lowest BCUT2D eigenvalue weighted by molar-refractivity contribution is 0.174. The number of pyridine rings is 1. The topological polar surface area (TPSA) is 71.0 Å². The summed E-state index contributed by atoms with van der Waals surface area (Å²) in [6.45, 7) is 1.56. The average Bonchev–Trinajstić information content (AvgIpc) is 3.21. The number of benzene rings is 2. The first-order valence-corrected chi connectivity index (χ1v) is 9.53. The van der Waals surface area contributed by atoms with Crippen LogP contribution in [-0.4, -0.2) is 38.9 Å². The van der Waals surface area contributed by atoms with Crippen LogP contribution in [0.5, 0.6) is 11.5 Å². The van der Waals surface area contributed by atoms with E-state index in [0.717, 1.165) is 39.7 Å². The summed E-state index contributed by atoms with van der Waals surface area (Å²) < 4.78 is 10.8. The van der Waals surface area contributed by atoms with Crippen molar-refractivity contribution in [1.82, 2.24) is 15.6 Å². The smallest absolute Gasteiger partial charge is 0.231 e. The number of hydrogen-bond donors (Lipinski definition) is 2. The van der Waals surface area contributed by atoms with E-state index in [2.05, 4.69) is 27.8 Å². The zero-order valence-electron chi connectivity index (χ0n) is 17.3. The summed E-state index contributed by atoms with van der Waals surface area (Å²) in [4.78, 5) is 11.1. The van der Waals surface area contributed by atoms with Gasteiger partial charge in [0.05, 0.1) is 5.52 Å². The fourth-order valence-corrected chi connectivity index (χ4v) is 3.24. The molecular weight excluding hydrogens is 493 g/mol. The van der Waals surface area contributed by atoms with E-state index in [1.54, 1.807) is 7.05 Å². The third kappa shape index (κ3) is 4.86. The normalized spacial score (nSPS) is 12.4. The molecule has 1 aliphatic rings. The molecule has 0 amide bonds. The molecule has 2 N–H and O–H groups in total. The lowest BCUT2D eigenvalue weighted by Gasteiger charge is -2.17. The predicted molar refractivity (Wildman–Crippen MR) is 131 cm³/mol. The Hall–Kier alpha value is -2.75. The van der Waals surface area contributed by atoms with Crippen LogP contribution >= 0.6 is 24.0 Å². The number of anilines is 1. The average molecular weight is 519 g/mol. The van der Waals surface area contributed by atoms with Gasteiger partial charge in [-0.3, -0.25) is 4.99 Å². The van der Waals surface area contributed by atoms with E-state index in [-0.39, 0.29) is 30.8 Å². The number of fused-ring (bicyclic) bond motifs is 2. The molecule has 0 bridgehead atoms. The molecule has 1 aliphatic heterocycles. The summed E-state index contributed by atoms with van der Waals surface area (Å²) in [6, 6.07) is 16.2. The highest BCUT2D eigenvalue weighted by molar-refractivity contribution is 14.0. The molecule has 0 atom stereocenters. The van der Waals surface area contributed by atoms with Crippen LogP contribution in [0.15, 0.2) is 53.5 Å². The Morgan fingerprint density at radius 1 is 1.03 bits per heavy atom. The van der Waals surface area contributed by atoms with Gasteiger partial charge < -0.3 is 25.0 Å². The second kappa shape index (κ2) is 9.84. The van der Waals surface area contributed by atoms with Crippen molar-refractivity contribution in [3.8, 4) is 11.5 Å². The number of aromatic nitrogens is 1. The number of rotatable bonds is 5. The number of aliphatic imine (C=N–C) groups is 1. The van der Waals surface area contributed by atoms with E-state index in [9.17, 15) is 0 Å². The molecule has 7 nitrogen and oxygen atoms in total. The van der Waals surface area contributed by atoms with Crippen molar-refractivity contribution < 1.29 is 9.47 Å². The Labute approximate surface area is 193 Å². The largest absolute Gasteiger partial charge is 0.454 e. The number of guanidine groups is 1. The van der Waals surface area contributed by atoms with Gasteiger partial charge in [0.2, 0.25) is 6.79 Å². The lowest BCUT2D eigenvalue weighted by Crippen LogP contribution is -2.36. The van der Waals surface area contributed by atoms with Crippen LogP contribution in [0.2, 0.25) is 0 Å². The van der Waals surface area contributed by atoms with Gasteiger partial charge in [0.25, 0.3) is 0 Å². The molecule has 0 unspecified atom stereocenters. The van der Waals surface area contributed by atoms with Gasteiger partial charge in [-0.05, 0) is 35.4 Å². The van der Waals surface area contributed by atoms with Crippen LogP contribution in [0.4, 0.5) is 5.82 Å². The molecule has 4 rings (SSSR count). The summed E-state index contributed by atoms with van der Waals surface area (Å²) >= 11 is 0. The quantitative estimate of drug-likeness (QED) is 0.306.